The molecule has 0 aromatic carbocycles. The van der Waals surface area contributed by atoms with Crippen LogP contribution in [-0.4, -0.2) is 41.0 Å². The first-order valence-corrected chi connectivity index (χ1v) is 9.89. The van der Waals surface area contributed by atoms with E-state index in [9.17, 15) is 0 Å². The van der Waals surface area contributed by atoms with E-state index in [4.69, 9.17) is 4.42 Å². The Balaban J connectivity index is 1.37. The lowest BCUT2D eigenvalue weighted by Gasteiger charge is -2.40. The van der Waals surface area contributed by atoms with Gasteiger partial charge in [-0.1, -0.05) is 0 Å². The maximum atomic E-state index is 5.88. The number of nitrogens with zero attached hydrogens (tertiary/aromatic N) is 3. The second kappa shape index (κ2) is 6.62. The summed E-state index contributed by atoms with van der Waals surface area (Å²) in [5.41, 5.74) is 1.75. The molecule has 4 rings (SSSR count). The zero-order valence-electron chi connectivity index (χ0n) is 14.8. The average molecular weight is 346 g/mol. The highest BCUT2D eigenvalue weighted by Gasteiger charge is 2.41. The van der Waals surface area contributed by atoms with E-state index in [1.807, 2.05) is 6.20 Å². The fourth-order valence-electron chi connectivity index (χ4n) is 4.41. The topological polar surface area (TPSA) is 32.5 Å². The van der Waals surface area contributed by atoms with Crippen molar-refractivity contribution in [2.45, 2.75) is 46.2 Å². The molecule has 5 heteroatoms. The fourth-order valence-corrected chi connectivity index (χ4v) is 5.07. The molecule has 0 aliphatic carbocycles. The van der Waals surface area contributed by atoms with Gasteiger partial charge in [-0.25, -0.2) is 4.98 Å². The summed E-state index contributed by atoms with van der Waals surface area (Å²) in [6, 6.07) is 2.20. The number of likely N-dealkylation sites (tertiary alicyclic amines) is 2. The van der Waals surface area contributed by atoms with Crippen molar-refractivity contribution in [2.75, 3.05) is 26.2 Å². The van der Waals surface area contributed by atoms with Crippen LogP contribution in [0, 0.1) is 19.3 Å². The van der Waals surface area contributed by atoms with E-state index in [-0.39, 0.29) is 0 Å². The highest BCUT2D eigenvalue weighted by atomic mass is 32.1. The predicted octanol–water partition coefficient (Wildman–Crippen LogP) is 3.84. The van der Waals surface area contributed by atoms with Crippen molar-refractivity contribution >= 4 is 11.3 Å². The molecular formula is C19H27N3OS. The summed E-state index contributed by atoms with van der Waals surface area (Å²) < 4.78 is 5.88. The molecule has 0 saturated carbocycles. The summed E-state index contributed by atoms with van der Waals surface area (Å²) in [7, 11) is 0. The Morgan fingerprint density at radius 3 is 2.71 bits per heavy atom. The number of piperidine rings is 1. The minimum Gasteiger partial charge on any atom is -0.465 e. The van der Waals surface area contributed by atoms with E-state index >= 15 is 0 Å². The first-order valence-electron chi connectivity index (χ1n) is 9.01. The van der Waals surface area contributed by atoms with Crippen LogP contribution in [0.1, 0.15) is 41.4 Å². The molecule has 1 spiro atoms. The SMILES string of the molecule is Cc1cc(CN2CC[C@@]3(CCCN(Cc4nccs4)C3)C2)oc1C. The maximum absolute atomic E-state index is 5.88. The van der Waals surface area contributed by atoms with Gasteiger partial charge in [0.1, 0.15) is 16.5 Å². The molecule has 2 aliphatic heterocycles. The van der Waals surface area contributed by atoms with Crippen LogP contribution >= 0.6 is 11.3 Å². The summed E-state index contributed by atoms with van der Waals surface area (Å²) in [6.07, 6.45) is 5.93. The van der Waals surface area contributed by atoms with Crippen molar-refractivity contribution < 1.29 is 4.42 Å². The summed E-state index contributed by atoms with van der Waals surface area (Å²) in [5, 5.41) is 3.34. The Labute approximate surface area is 148 Å². The van der Waals surface area contributed by atoms with Crippen LogP contribution in [-0.2, 0) is 13.1 Å². The molecule has 0 unspecified atom stereocenters. The largest absolute Gasteiger partial charge is 0.465 e. The second-order valence-electron chi connectivity index (χ2n) is 7.65. The summed E-state index contributed by atoms with van der Waals surface area (Å²) in [5.74, 6) is 2.18. The number of thiazole rings is 1. The first kappa shape index (κ1) is 16.3. The van der Waals surface area contributed by atoms with Gasteiger partial charge in [0.2, 0.25) is 0 Å². The van der Waals surface area contributed by atoms with Gasteiger partial charge in [0.05, 0.1) is 13.1 Å². The van der Waals surface area contributed by atoms with Crippen molar-refractivity contribution in [2.24, 2.45) is 5.41 Å². The van der Waals surface area contributed by atoms with Gasteiger partial charge in [-0.2, -0.15) is 0 Å². The van der Waals surface area contributed by atoms with Gasteiger partial charge < -0.3 is 4.42 Å². The lowest BCUT2D eigenvalue weighted by molar-refractivity contribution is 0.0857. The Hall–Kier alpha value is -1.17. The lowest BCUT2D eigenvalue weighted by Crippen LogP contribution is -2.44. The molecule has 130 valence electrons. The average Bonchev–Trinajstić information content (AvgIpc) is 3.24. The molecule has 24 heavy (non-hydrogen) atoms. The fraction of sp³-hybridized carbons (Fsp3) is 0.632. The monoisotopic (exact) mass is 345 g/mol. The number of rotatable bonds is 4. The summed E-state index contributed by atoms with van der Waals surface area (Å²) in [6.45, 7) is 11.0. The Morgan fingerprint density at radius 1 is 1.17 bits per heavy atom. The van der Waals surface area contributed by atoms with E-state index in [0.717, 1.165) is 24.6 Å². The van der Waals surface area contributed by atoms with Crippen LogP contribution in [0.25, 0.3) is 0 Å². The number of hydrogen-bond donors (Lipinski definition) is 0. The van der Waals surface area contributed by atoms with Crippen LogP contribution in [0.5, 0.6) is 0 Å². The van der Waals surface area contributed by atoms with Crippen molar-refractivity contribution in [1.82, 2.24) is 14.8 Å². The van der Waals surface area contributed by atoms with E-state index in [0.29, 0.717) is 5.41 Å². The molecule has 4 nitrogen and oxygen atoms in total. The zero-order valence-corrected chi connectivity index (χ0v) is 15.6. The molecule has 2 aliphatic rings. The van der Waals surface area contributed by atoms with Crippen LogP contribution in [0.15, 0.2) is 22.1 Å². The highest BCUT2D eigenvalue weighted by molar-refractivity contribution is 7.09. The van der Waals surface area contributed by atoms with E-state index in [2.05, 4.69) is 40.1 Å². The zero-order chi connectivity index (χ0) is 16.6. The smallest absolute Gasteiger partial charge is 0.118 e. The normalized spacial score (nSPS) is 25.8. The molecule has 0 bridgehead atoms. The van der Waals surface area contributed by atoms with Crippen LogP contribution in [0.2, 0.25) is 0 Å². The Kier molecular flexibility index (Phi) is 4.50. The number of aromatic nitrogens is 1. The molecule has 2 saturated heterocycles. The van der Waals surface area contributed by atoms with E-state index in [1.54, 1.807) is 11.3 Å². The molecule has 0 amide bonds. The van der Waals surface area contributed by atoms with Gasteiger partial charge in [0.25, 0.3) is 0 Å². The standard InChI is InChI=1S/C19H27N3OS/c1-15-10-17(23-16(15)2)11-22-8-5-19(14-22)4-3-7-21(13-19)12-18-20-6-9-24-18/h6,9-10H,3-5,7-8,11-14H2,1-2H3/t19-/m1/s1. The maximum Gasteiger partial charge on any atom is 0.118 e. The second-order valence-corrected chi connectivity index (χ2v) is 8.63. The van der Waals surface area contributed by atoms with Gasteiger partial charge in [0, 0.05) is 24.7 Å². The molecular weight excluding hydrogens is 318 g/mol. The number of aryl methyl sites for hydroxylation is 2. The molecule has 2 fully saturated rings. The molecule has 0 radical (unpaired) electrons. The summed E-state index contributed by atoms with van der Waals surface area (Å²) in [4.78, 5) is 9.67. The molecule has 2 aromatic heterocycles. The van der Waals surface area contributed by atoms with Crippen molar-refractivity contribution in [3.05, 3.63) is 39.7 Å². The third-order valence-corrected chi connectivity index (χ3v) is 6.46. The Bertz CT molecular complexity index is 661. The number of hydrogen-bond acceptors (Lipinski definition) is 5. The van der Waals surface area contributed by atoms with Crippen LogP contribution < -0.4 is 0 Å². The van der Waals surface area contributed by atoms with Crippen molar-refractivity contribution in [3.63, 3.8) is 0 Å². The third-order valence-electron chi connectivity index (χ3n) is 5.70. The number of furan rings is 1. The van der Waals surface area contributed by atoms with E-state index < -0.39 is 0 Å². The molecule has 4 heterocycles. The van der Waals surface area contributed by atoms with Gasteiger partial charge in [-0.3, -0.25) is 9.80 Å². The van der Waals surface area contributed by atoms with Gasteiger partial charge in [-0.05, 0) is 63.2 Å². The van der Waals surface area contributed by atoms with Crippen LogP contribution in [0.3, 0.4) is 0 Å². The quantitative estimate of drug-likeness (QED) is 0.843. The van der Waals surface area contributed by atoms with Gasteiger partial charge >= 0.3 is 0 Å². The van der Waals surface area contributed by atoms with Crippen molar-refractivity contribution in [3.8, 4) is 0 Å². The molecule has 2 aromatic rings. The first-order chi connectivity index (χ1) is 11.6. The van der Waals surface area contributed by atoms with Crippen molar-refractivity contribution in [1.29, 1.82) is 0 Å². The predicted molar refractivity (Wildman–Crippen MR) is 97.1 cm³/mol. The lowest BCUT2D eigenvalue weighted by atomic mass is 9.79. The minimum atomic E-state index is 0.478. The van der Waals surface area contributed by atoms with Crippen LogP contribution in [0.4, 0.5) is 0 Å². The highest BCUT2D eigenvalue weighted by Crippen LogP contribution is 2.40. The minimum absolute atomic E-state index is 0.478. The van der Waals surface area contributed by atoms with Gasteiger partial charge in [0.15, 0.2) is 0 Å². The van der Waals surface area contributed by atoms with E-state index in [1.165, 1.54) is 56.0 Å². The molecule has 1 atom stereocenters. The van der Waals surface area contributed by atoms with Gasteiger partial charge in [-0.15, -0.1) is 11.3 Å². The molecule has 0 N–H and O–H groups in total. The summed E-state index contributed by atoms with van der Waals surface area (Å²) >= 11 is 1.78. The Morgan fingerprint density at radius 2 is 2.00 bits per heavy atom. The third kappa shape index (κ3) is 3.44.